The van der Waals surface area contributed by atoms with E-state index in [9.17, 15) is 4.79 Å². The van der Waals surface area contributed by atoms with Gasteiger partial charge in [0.1, 0.15) is 5.75 Å². The van der Waals surface area contributed by atoms with Crippen LogP contribution in [0.1, 0.15) is 15.9 Å². The smallest absolute Gasteiger partial charge is 0.271 e. The summed E-state index contributed by atoms with van der Waals surface area (Å²) >= 11 is 15.0. The molecular weight excluding hydrogens is 391 g/mol. The van der Waals surface area contributed by atoms with Crippen LogP contribution in [-0.4, -0.2) is 19.2 Å². The van der Waals surface area contributed by atoms with Crippen LogP contribution in [0.2, 0.25) is 10.0 Å². The Kier molecular flexibility index (Phi) is 5.83. The molecule has 0 aliphatic rings. The number of carbonyl (C=O) groups is 1. The van der Waals surface area contributed by atoms with Crippen molar-refractivity contribution < 1.29 is 9.53 Å². The number of rotatable bonds is 4. The molecule has 1 N–H and O–H groups in total. The van der Waals surface area contributed by atoms with Crippen LogP contribution in [0, 0.1) is 0 Å². The van der Waals surface area contributed by atoms with E-state index in [1.807, 2.05) is 12.1 Å². The number of halogens is 3. The quantitative estimate of drug-likeness (QED) is 0.604. The van der Waals surface area contributed by atoms with Gasteiger partial charge in [-0.15, -0.1) is 0 Å². The Bertz CT molecular complexity index is 735. The molecule has 0 unspecified atom stereocenters. The van der Waals surface area contributed by atoms with E-state index >= 15 is 0 Å². The lowest BCUT2D eigenvalue weighted by atomic mass is 10.2. The van der Waals surface area contributed by atoms with Crippen LogP contribution in [-0.2, 0) is 0 Å². The summed E-state index contributed by atoms with van der Waals surface area (Å²) in [5, 5.41) is 4.61. The lowest BCUT2D eigenvalue weighted by Gasteiger charge is -2.04. The van der Waals surface area contributed by atoms with Gasteiger partial charge in [0.05, 0.1) is 27.8 Å². The van der Waals surface area contributed by atoms with Crippen molar-refractivity contribution in [3.63, 3.8) is 0 Å². The zero-order valence-electron chi connectivity index (χ0n) is 11.4. The van der Waals surface area contributed by atoms with Gasteiger partial charge in [-0.1, -0.05) is 23.2 Å². The lowest BCUT2D eigenvalue weighted by molar-refractivity contribution is 0.0955. The van der Waals surface area contributed by atoms with Gasteiger partial charge in [-0.2, -0.15) is 5.10 Å². The highest BCUT2D eigenvalue weighted by atomic mass is 79.9. The highest BCUT2D eigenvalue weighted by molar-refractivity contribution is 9.10. The summed E-state index contributed by atoms with van der Waals surface area (Å²) in [4.78, 5) is 11.9. The minimum atomic E-state index is -0.373. The number of carbonyl (C=O) groups excluding carboxylic acids is 1. The second-order valence-electron chi connectivity index (χ2n) is 4.22. The molecule has 0 aromatic heterocycles. The standard InChI is InChI=1S/C15H11BrCl2N2O2/c1-22-14-5-2-9(6-11(14)16)8-19-20-15(21)10-3-4-12(17)13(18)7-10/h2-8H,1H3,(H,20,21)/b19-8-. The fourth-order valence-electron chi connectivity index (χ4n) is 1.63. The second kappa shape index (κ2) is 7.63. The molecule has 22 heavy (non-hydrogen) atoms. The van der Waals surface area contributed by atoms with Gasteiger partial charge in [0, 0.05) is 5.56 Å². The van der Waals surface area contributed by atoms with Crippen LogP contribution in [0.3, 0.4) is 0 Å². The zero-order chi connectivity index (χ0) is 16.1. The van der Waals surface area contributed by atoms with E-state index in [-0.39, 0.29) is 5.91 Å². The number of benzene rings is 2. The van der Waals surface area contributed by atoms with Gasteiger partial charge in [0.15, 0.2) is 0 Å². The number of nitrogens with zero attached hydrogens (tertiary/aromatic N) is 1. The van der Waals surface area contributed by atoms with Gasteiger partial charge >= 0.3 is 0 Å². The molecule has 0 radical (unpaired) electrons. The molecule has 0 heterocycles. The SMILES string of the molecule is COc1ccc(/C=N\NC(=O)c2ccc(Cl)c(Cl)c2)cc1Br. The molecule has 0 saturated heterocycles. The van der Waals surface area contributed by atoms with Crippen molar-refractivity contribution in [3.05, 3.63) is 62.0 Å². The Morgan fingerprint density at radius 3 is 2.64 bits per heavy atom. The molecule has 4 nitrogen and oxygen atoms in total. The van der Waals surface area contributed by atoms with E-state index in [1.165, 1.54) is 12.3 Å². The lowest BCUT2D eigenvalue weighted by Crippen LogP contribution is -2.17. The molecule has 1 amide bonds. The summed E-state index contributed by atoms with van der Waals surface area (Å²) < 4.78 is 5.94. The third-order valence-corrected chi connectivity index (χ3v) is 4.10. The number of nitrogens with one attached hydrogen (secondary N) is 1. The molecule has 0 bridgehead atoms. The molecule has 0 atom stereocenters. The maximum Gasteiger partial charge on any atom is 0.271 e. The predicted octanol–water partition coefficient (Wildman–Crippen LogP) is 4.53. The van der Waals surface area contributed by atoms with Gasteiger partial charge < -0.3 is 4.74 Å². The molecule has 2 rings (SSSR count). The molecule has 114 valence electrons. The Balaban J connectivity index is 2.04. The van der Waals surface area contributed by atoms with Gasteiger partial charge in [-0.3, -0.25) is 4.79 Å². The topological polar surface area (TPSA) is 50.7 Å². The molecule has 0 aliphatic carbocycles. The van der Waals surface area contributed by atoms with Crippen LogP contribution in [0.4, 0.5) is 0 Å². The molecule has 0 fully saturated rings. The van der Waals surface area contributed by atoms with Crippen molar-refractivity contribution in [1.29, 1.82) is 0 Å². The summed E-state index contributed by atoms with van der Waals surface area (Å²) in [5.74, 6) is 0.347. The fourth-order valence-corrected chi connectivity index (χ4v) is 2.49. The summed E-state index contributed by atoms with van der Waals surface area (Å²) in [7, 11) is 1.59. The van der Waals surface area contributed by atoms with Crippen molar-refractivity contribution in [3.8, 4) is 5.75 Å². The van der Waals surface area contributed by atoms with E-state index in [2.05, 4.69) is 26.5 Å². The summed E-state index contributed by atoms with van der Waals surface area (Å²) in [5.41, 5.74) is 3.61. The van der Waals surface area contributed by atoms with Crippen molar-refractivity contribution >= 4 is 51.3 Å². The Morgan fingerprint density at radius 2 is 2.00 bits per heavy atom. The monoisotopic (exact) mass is 400 g/mol. The number of methoxy groups -OCH3 is 1. The van der Waals surface area contributed by atoms with Crippen LogP contribution in [0.5, 0.6) is 5.75 Å². The average molecular weight is 402 g/mol. The first-order valence-electron chi connectivity index (χ1n) is 6.13. The number of amides is 1. The highest BCUT2D eigenvalue weighted by Crippen LogP contribution is 2.25. The first-order valence-corrected chi connectivity index (χ1v) is 7.68. The Labute approximate surface area is 146 Å². The van der Waals surface area contributed by atoms with Gasteiger partial charge in [-0.05, 0) is 57.9 Å². The van der Waals surface area contributed by atoms with Crippen molar-refractivity contribution in [2.75, 3.05) is 7.11 Å². The van der Waals surface area contributed by atoms with Crippen LogP contribution >= 0.6 is 39.1 Å². The number of hydrogen-bond acceptors (Lipinski definition) is 3. The van der Waals surface area contributed by atoms with Crippen LogP contribution in [0.15, 0.2) is 46.0 Å². The first kappa shape index (κ1) is 16.8. The second-order valence-corrected chi connectivity index (χ2v) is 5.89. The molecule has 2 aromatic carbocycles. The molecule has 2 aromatic rings. The summed E-state index contributed by atoms with van der Waals surface area (Å²) in [6.45, 7) is 0. The number of hydrazone groups is 1. The third-order valence-electron chi connectivity index (χ3n) is 2.74. The van der Waals surface area contributed by atoms with Gasteiger partial charge in [-0.25, -0.2) is 5.43 Å². The molecule has 0 aliphatic heterocycles. The van der Waals surface area contributed by atoms with E-state index in [0.717, 1.165) is 15.8 Å². The van der Waals surface area contributed by atoms with Crippen molar-refractivity contribution in [2.45, 2.75) is 0 Å². The zero-order valence-corrected chi connectivity index (χ0v) is 14.5. The molecular formula is C15H11BrCl2N2O2. The minimum absolute atomic E-state index is 0.317. The first-order chi connectivity index (χ1) is 10.5. The molecule has 7 heteroatoms. The Hall–Kier alpha value is -1.56. The number of ether oxygens (including phenoxy) is 1. The Morgan fingerprint density at radius 1 is 1.23 bits per heavy atom. The molecule has 0 saturated carbocycles. The number of hydrogen-bond donors (Lipinski definition) is 1. The van der Waals surface area contributed by atoms with E-state index < -0.39 is 0 Å². The van der Waals surface area contributed by atoms with Gasteiger partial charge in [0.2, 0.25) is 0 Å². The molecule has 0 spiro atoms. The maximum atomic E-state index is 11.9. The fraction of sp³-hybridized carbons (Fsp3) is 0.0667. The van der Waals surface area contributed by atoms with E-state index in [1.54, 1.807) is 25.3 Å². The largest absolute Gasteiger partial charge is 0.496 e. The van der Waals surface area contributed by atoms with Crippen LogP contribution < -0.4 is 10.2 Å². The van der Waals surface area contributed by atoms with E-state index in [4.69, 9.17) is 27.9 Å². The maximum absolute atomic E-state index is 11.9. The third kappa shape index (κ3) is 4.22. The van der Waals surface area contributed by atoms with E-state index in [0.29, 0.717) is 15.6 Å². The summed E-state index contributed by atoms with van der Waals surface area (Å²) in [6, 6.07) is 10.1. The predicted molar refractivity (Wildman–Crippen MR) is 92.2 cm³/mol. The minimum Gasteiger partial charge on any atom is -0.496 e. The normalized spacial score (nSPS) is 10.7. The van der Waals surface area contributed by atoms with Crippen LogP contribution in [0.25, 0.3) is 0 Å². The highest BCUT2D eigenvalue weighted by Gasteiger charge is 2.07. The van der Waals surface area contributed by atoms with Crippen molar-refractivity contribution in [2.24, 2.45) is 5.10 Å². The van der Waals surface area contributed by atoms with Gasteiger partial charge in [0.25, 0.3) is 5.91 Å². The average Bonchev–Trinajstić information content (AvgIpc) is 2.50. The summed E-state index contributed by atoms with van der Waals surface area (Å²) in [6.07, 6.45) is 1.53. The van der Waals surface area contributed by atoms with Crippen molar-refractivity contribution in [1.82, 2.24) is 5.43 Å².